The molecule has 1 atom stereocenters. The summed E-state index contributed by atoms with van der Waals surface area (Å²) in [5.74, 6) is 2.82. The number of likely N-dealkylation sites (N-methyl/N-ethyl adjacent to an activating group) is 1. The fraction of sp³-hybridized carbons (Fsp3) is 0.467. The van der Waals surface area contributed by atoms with Crippen molar-refractivity contribution in [2.24, 2.45) is 0 Å². The first-order valence-corrected chi connectivity index (χ1v) is 6.86. The van der Waals surface area contributed by atoms with Gasteiger partial charge in [0.25, 0.3) is 0 Å². The maximum atomic E-state index is 5.35. The Hall–Kier alpha value is -1.79. The molecule has 0 radical (unpaired) electrons. The predicted octanol–water partition coefficient (Wildman–Crippen LogP) is 2.25. The third kappa shape index (κ3) is 4.61. The van der Waals surface area contributed by atoms with Gasteiger partial charge >= 0.3 is 0 Å². The lowest BCUT2D eigenvalue weighted by Crippen LogP contribution is -2.24. The van der Waals surface area contributed by atoms with Crippen LogP contribution >= 0.6 is 12.4 Å². The number of aromatic nitrogens is 2. The highest BCUT2D eigenvalue weighted by atomic mass is 35.5. The maximum absolute atomic E-state index is 5.35. The minimum Gasteiger partial charge on any atom is -0.497 e. The second-order valence-electron chi connectivity index (χ2n) is 4.85. The lowest BCUT2D eigenvalue weighted by atomic mass is 10.1. The first-order chi connectivity index (χ1) is 10.2. The molecule has 1 heterocycles. The average molecular weight is 328 g/mol. The Balaban J connectivity index is 0.00000242. The van der Waals surface area contributed by atoms with Gasteiger partial charge in [-0.2, -0.15) is 4.98 Å². The van der Waals surface area contributed by atoms with Crippen molar-refractivity contribution in [3.05, 3.63) is 35.5 Å². The molecule has 1 aromatic carbocycles. The fourth-order valence-corrected chi connectivity index (χ4v) is 2.00. The van der Waals surface area contributed by atoms with E-state index in [0.717, 1.165) is 23.5 Å². The van der Waals surface area contributed by atoms with E-state index < -0.39 is 0 Å². The van der Waals surface area contributed by atoms with Crippen LogP contribution in [0.3, 0.4) is 0 Å². The quantitative estimate of drug-likeness (QED) is 0.841. The van der Waals surface area contributed by atoms with Crippen molar-refractivity contribution in [1.29, 1.82) is 0 Å². The molecule has 0 aliphatic rings. The Kier molecular flexibility index (Phi) is 7.14. The summed E-state index contributed by atoms with van der Waals surface area (Å²) in [6, 6.07) is 5.95. The van der Waals surface area contributed by atoms with Crippen LogP contribution in [0.25, 0.3) is 0 Å². The maximum Gasteiger partial charge on any atom is 0.231 e. The minimum absolute atomic E-state index is 0. The largest absolute Gasteiger partial charge is 0.497 e. The van der Waals surface area contributed by atoms with E-state index in [9.17, 15) is 0 Å². The van der Waals surface area contributed by atoms with Crippen molar-refractivity contribution in [3.63, 3.8) is 0 Å². The number of rotatable bonds is 7. The summed E-state index contributed by atoms with van der Waals surface area (Å²) in [4.78, 5) is 4.41. The van der Waals surface area contributed by atoms with Gasteiger partial charge in [0.1, 0.15) is 11.5 Å². The van der Waals surface area contributed by atoms with E-state index in [2.05, 4.69) is 22.4 Å². The van der Waals surface area contributed by atoms with Crippen molar-refractivity contribution < 1.29 is 14.0 Å². The number of nitrogens with zero attached hydrogens (tertiary/aromatic N) is 2. The minimum atomic E-state index is 0. The molecular formula is C15H22ClN3O3. The van der Waals surface area contributed by atoms with Crippen molar-refractivity contribution in [2.45, 2.75) is 25.8 Å². The summed E-state index contributed by atoms with van der Waals surface area (Å²) in [5, 5.41) is 7.15. The van der Waals surface area contributed by atoms with Gasteiger partial charge in [-0.05, 0) is 32.2 Å². The number of hydrogen-bond donors (Lipinski definition) is 1. The molecule has 0 aliphatic carbocycles. The molecule has 1 unspecified atom stereocenters. The van der Waals surface area contributed by atoms with E-state index in [1.165, 1.54) is 0 Å². The standard InChI is InChI=1S/C15H21N3O3.ClH/c1-10(16-2)7-14-17-15(21-18-14)9-11-8-12(19-3)5-6-13(11)20-4;/h5-6,8,10,16H,7,9H2,1-4H3;1H. The van der Waals surface area contributed by atoms with Crippen molar-refractivity contribution in [3.8, 4) is 11.5 Å². The second kappa shape index (κ2) is 8.60. The van der Waals surface area contributed by atoms with Gasteiger partial charge in [-0.3, -0.25) is 0 Å². The molecule has 22 heavy (non-hydrogen) atoms. The highest BCUT2D eigenvalue weighted by Gasteiger charge is 2.13. The molecule has 0 amide bonds. The number of hydrogen-bond acceptors (Lipinski definition) is 6. The lowest BCUT2D eigenvalue weighted by Gasteiger charge is -2.08. The summed E-state index contributed by atoms with van der Waals surface area (Å²) in [7, 11) is 5.18. The van der Waals surface area contributed by atoms with Crippen LogP contribution in [0.2, 0.25) is 0 Å². The summed E-state index contributed by atoms with van der Waals surface area (Å²) in [6.07, 6.45) is 1.25. The molecule has 0 saturated carbocycles. The lowest BCUT2D eigenvalue weighted by molar-refractivity contribution is 0.371. The van der Waals surface area contributed by atoms with Crippen molar-refractivity contribution in [1.82, 2.24) is 15.5 Å². The van der Waals surface area contributed by atoms with Crippen LogP contribution in [0.15, 0.2) is 22.7 Å². The predicted molar refractivity (Wildman–Crippen MR) is 86.1 cm³/mol. The highest BCUT2D eigenvalue weighted by molar-refractivity contribution is 5.85. The van der Waals surface area contributed by atoms with E-state index >= 15 is 0 Å². The Bertz CT molecular complexity index is 589. The van der Waals surface area contributed by atoms with Crippen LogP contribution in [0.4, 0.5) is 0 Å². The van der Waals surface area contributed by atoms with E-state index in [1.54, 1.807) is 14.2 Å². The third-order valence-electron chi connectivity index (χ3n) is 3.32. The third-order valence-corrected chi connectivity index (χ3v) is 3.32. The van der Waals surface area contributed by atoms with Gasteiger partial charge in [0.05, 0.1) is 20.6 Å². The number of benzene rings is 1. The van der Waals surface area contributed by atoms with Crippen LogP contribution in [0, 0.1) is 0 Å². The number of nitrogens with one attached hydrogen (secondary N) is 1. The molecule has 6 nitrogen and oxygen atoms in total. The summed E-state index contributed by atoms with van der Waals surface area (Å²) in [6.45, 7) is 2.07. The van der Waals surface area contributed by atoms with Gasteiger partial charge in [-0.1, -0.05) is 5.16 Å². The highest BCUT2D eigenvalue weighted by Crippen LogP contribution is 2.25. The Morgan fingerprint density at radius 1 is 1.27 bits per heavy atom. The van der Waals surface area contributed by atoms with Gasteiger partial charge in [0, 0.05) is 18.0 Å². The van der Waals surface area contributed by atoms with E-state index in [1.807, 2.05) is 25.2 Å². The van der Waals surface area contributed by atoms with Crippen molar-refractivity contribution in [2.75, 3.05) is 21.3 Å². The van der Waals surface area contributed by atoms with E-state index in [0.29, 0.717) is 24.2 Å². The van der Waals surface area contributed by atoms with Gasteiger partial charge in [0.2, 0.25) is 5.89 Å². The molecule has 2 rings (SSSR count). The van der Waals surface area contributed by atoms with Crippen LogP contribution in [0.1, 0.15) is 24.2 Å². The summed E-state index contributed by atoms with van der Waals surface area (Å²) >= 11 is 0. The second-order valence-corrected chi connectivity index (χ2v) is 4.85. The SMILES string of the molecule is CNC(C)Cc1noc(Cc2cc(OC)ccc2OC)n1.Cl. The first-order valence-electron chi connectivity index (χ1n) is 6.86. The van der Waals surface area contributed by atoms with Crippen LogP contribution in [0.5, 0.6) is 11.5 Å². The number of ether oxygens (including phenoxy) is 2. The Labute approximate surface area is 136 Å². The molecule has 1 aromatic heterocycles. The van der Waals surface area contributed by atoms with Gasteiger partial charge in [-0.25, -0.2) is 0 Å². The van der Waals surface area contributed by atoms with Crippen molar-refractivity contribution >= 4 is 12.4 Å². The van der Waals surface area contributed by atoms with Crippen LogP contribution < -0.4 is 14.8 Å². The summed E-state index contributed by atoms with van der Waals surface area (Å²) in [5.41, 5.74) is 0.953. The zero-order chi connectivity index (χ0) is 15.2. The Morgan fingerprint density at radius 2 is 2.05 bits per heavy atom. The number of halogens is 1. The molecule has 2 aromatic rings. The molecule has 0 bridgehead atoms. The number of methoxy groups -OCH3 is 2. The topological polar surface area (TPSA) is 69.4 Å². The van der Waals surface area contributed by atoms with Gasteiger partial charge in [-0.15, -0.1) is 12.4 Å². The molecule has 7 heteroatoms. The monoisotopic (exact) mass is 327 g/mol. The van der Waals surface area contributed by atoms with E-state index in [-0.39, 0.29) is 12.4 Å². The molecule has 0 fully saturated rings. The molecule has 1 N–H and O–H groups in total. The zero-order valence-electron chi connectivity index (χ0n) is 13.3. The smallest absolute Gasteiger partial charge is 0.231 e. The molecule has 0 spiro atoms. The normalized spacial score (nSPS) is 11.6. The molecular weight excluding hydrogens is 306 g/mol. The summed E-state index contributed by atoms with van der Waals surface area (Å²) < 4.78 is 15.9. The van der Waals surface area contributed by atoms with Crippen LogP contribution in [-0.2, 0) is 12.8 Å². The fourth-order valence-electron chi connectivity index (χ4n) is 2.00. The van der Waals surface area contributed by atoms with Gasteiger partial charge in [0.15, 0.2) is 5.82 Å². The van der Waals surface area contributed by atoms with Gasteiger partial charge < -0.3 is 19.3 Å². The average Bonchev–Trinajstić information content (AvgIpc) is 2.94. The first kappa shape index (κ1) is 18.3. The molecule has 0 saturated heterocycles. The van der Waals surface area contributed by atoms with E-state index in [4.69, 9.17) is 14.0 Å². The van der Waals surface area contributed by atoms with Crippen LogP contribution in [-0.4, -0.2) is 37.4 Å². The zero-order valence-corrected chi connectivity index (χ0v) is 14.1. The molecule has 0 aliphatic heterocycles. The Morgan fingerprint density at radius 3 is 2.68 bits per heavy atom. The molecule has 122 valence electrons.